The molecule has 29 heavy (non-hydrogen) atoms. The van der Waals surface area contributed by atoms with Crippen molar-refractivity contribution >= 4 is 17.0 Å². The highest BCUT2D eigenvalue weighted by Crippen LogP contribution is 2.14. The number of aliphatic imine (C=N–C) groups is 1. The number of guanidine groups is 1. The summed E-state index contributed by atoms with van der Waals surface area (Å²) in [6, 6.07) is 17.1. The summed E-state index contributed by atoms with van der Waals surface area (Å²) in [7, 11) is 3.84. The van der Waals surface area contributed by atoms with Crippen molar-refractivity contribution < 1.29 is 0 Å². The lowest BCUT2D eigenvalue weighted by atomic mass is 10.1. The molecule has 1 saturated heterocycles. The number of likely N-dealkylation sites (tertiary alicyclic amines) is 1. The summed E-state index contributed by atoms with van der Waals surface area (Å²) in [6.45, 7) is 4.90. The van der Waals surface area contributed by atoms with Crippen LogP contribution in [0.5, 0.6) is 0 Å². The lowest BCUT2D eigenvalue weighted by Crippen LogP contribution is -2.36. The molecule has 0 aliphatic carbocycles. The molecule has 152 valence electrons. The minimum atomic E-state index is 0.625. The number of aryl methyl sites for hydroxylation is 1. The Morgan fingerprint density at radius 1 is 0.966 bits per heavy atom. The van der Waals surface area contributed by atoms with E-state index in [2.05, 4.69) is 55.4 Å². The van der Waals surface area contributed by atoms with Crippen LogP contribution in [-0.4, -0.2) is 40.5 Å². The van der Waals surface area contributed by atoms with Gasteiger partial charge < -0.3 is 15.2 Å². The van der Waals surface area contributed by atoms with Crippen molar-refractivity contribution in [1.29, 1.82) is 0 Å². The SMILES string of the molecule is CN=C(NCc1ccc(CN2CCCC2)cc1)NCc1nc2ccccc2n1C. The van der Waals surface area contributed by atoms with Gasteiger partial charge in [-0.1, -0.05) is 36.4 Å². The number of hydrogen-bond donors (Lipinski definition) is 2. The molecule has 4 rings (SSSR count). The molecule has 2 N–H and O–H groups in total. The largest absolute Gasteiger partial charge is 0.352 e. The van der Waals surface area contributed by atoms with E-state index in [0.717, 1.165) is 35.9 Å². The van der Waals surface area contributed by atoms with Gasteiger partial charge in [0.1, 0.15) is 5.82 Å². The standard InChI is InChI=1S/C23H30N6/c1-24-23(26-16-22-27-20-7-3-4-8-21(20)28(22)2)25-15-18-9-11-19(12-10-18)17-29-13-5-6-14-29/h3-4,7-12H,5-6,13-17H2,1-2H3,(H2,24,25,26). The first-order chi connectivity index (χ1) is 14.2. The van der Waals surface area contributed by atoms with Gasteiger partial charge in [0.25, 0.3) is 0 Å². The Balaban J connectivity index is 1.29. The summed E-state index contributed by atoms with van der Waals surface area (Å²) in [5.74, 6) is 1.76. The predicted molar refractivity (Wildman–Crippen MR) is 119 cm³/mol. The normalized spacial score (nSPS) is 15.2. The molecular formula is C23H30N6. The highest BCUT2D eigenvalue weighted by molar-refractivity contribution is 5.80. The molecule has 0 spiro atoms. The minimum absolute atomic E-state index is 0.625. The average molecular weight is 391 g/mol. The van der Waals surface area contributed by atoms with Crippen LogP contribution in [0.25, 0.3) is 11.0 Å². The Kier molecular flexibility index (Phi) is 6.10. The van der Waals surface area contributed by atoms with Gasteiger partial charge in [0.15, 0.2) is 5.96 Å². The van der Waals surface area contributed by atoms with Crippen molar-refractivity contribution in [3.8, 4) is 0 Å². The Hall–Kier alpha value is -2.86. The number of para-hydroxylation sites is 2. The lowest BCUT2D eigenvalue weighted by molar-refractivity contribution is 0.331. The van der Waals surface area contributed by atoms with Crippen LogP contribution in [0.15, 0.2) is 53.5 Å². The monoisotopic (exact) mass is 390 g/mol. The van der Waals surface area contributed by atoms with Crippen LogP contribution in [0, 0.1) is 0 Å². The Morgan fingerprint density at radius 3 is 2.38 bits per heavy atom. The van der Waals surface area contributed by atoms with Gasteiger partial charge in [-0.05, 0) is 49.2 Å². The van der Waals surface area contributed by atoms with E-state index >= 15 is 0 Å². The van der Waals surface area contributed by atoms with E-state index in [-0.39, 0.29) is 0 Å². The van der Waals surface area contributed by atoms with Crippen LogP contribution in [0.2, 0.25) is 0 Å². The third-order valence-electron chi connectivity index (χ3n) is 5.61. The molecule has 6 nitrogen and oxygen atoms in total. The number of benzene rings is 2. The smallest absolute Gasteiger partial charge is 0.191 e. The van der Waals surface area contributed by atoms with Crippen molar-refractivity contribution in [3.05, 3.63) is 65.5 Å². The second kappa shape index (κ2) is 9.09. The van der Waals surface area contributed by atoms with Crippen LogP contribution >= 0.6 is 0 Å². The summed E-state index contributed by atoms with van der Waals surface area (Å²) < 4.78 is 2.12. The molecule has 3 aromatic rings. The number of aromatic nitrogens is 2. The van der Waals surface area contributed by atoms with Crippen molar-refractivity contribution in [1.82, 2.24) is 25.1 Å². The van der Waals surface area contributed by atoms with Gasteiger partial charge in [-0.2, -0.15) is 0 Å². The lowest BCUT2D eigenvalue weighted by Gasteiger charge is -2.15. The first-order valence-corrected chi connectivity index (χ1v) is 10.4. The molecule has 1 aromatic heterocycles. The Labute approximate surface area is 172 Å². The molecule has 2 heterocycles. The van der Waals surface area contributed by atoms with E-state index < -0.39 is 0 Å². The van der Waals surface area contributed by atoms with Crippen LogP contribution in [-0.2, 0) is 26.7 Å². The molecule has 0 amide bonds. The summed E-state index contributed by atoms with van der Waals surface area (Å²) in [4.78, 5) is 11.6. The number of hydrogen-bond acceptors (Lipinski definition) is 3. The van der Waals surface area contributed by atoms with E-state index in [1.165, 1.54) is 37.1 Å². The third-order valence-corrected chi connectivity index (χ3v) is 5.61. The highest BCUT2D eigenvalue weighted by Gasteiger charge is 2.11. The number of rotatable bonds is 6. The highest BCUT2D eigenvalue weighted by atomic mass is 15.2. The summed E-state index contributed by atoms with van der Waals surface area (Å²) in [6.07, 6.45) is 2.67. The van der Waals surface area contributed by atoms with Crippen LogP contribution in [0.1, 0.15) is 29.8 Å². The van der Waals surface area contributed by atoms with E-state index in [4.69, 9.17) is 4.98 Å². The Bertz CT molecular complexity index is 967. The van der Waals surface area contributed by atoms with Crippen LogP contribution in [0.3, 0.4) is 0 Å². The van der Waals surface area contributed by atoms with Crippen molar-refractivity contribution in [3.63, 3.8) is 0 Å². The maximum absolute atomic E-state index is 4.70. The van der Waals surface area contributed by atoms with E-state index in [1.54, 1.807) is 7.05 Å². The third kappa shape index (κ3) is 4.77. The van der Waals surface area contributed by atoms with Gasteiger partial charge in [0.2, 0.25) is 0 Å². The molecule has 1 aliphatic rings. The average Bonchev–Trinajstić information content (AvgIpc) is 3.37. The van der Waals surface area contributed by atoms with Gasteiger partial charge >= 0.3 is 0 Å². The number of fused-ring (bicyclic) bond motifs is 1. The maximum atomic E-state index is 4.70. The summed E-state index contributed by atoms with van der Waals surface area (Å²) in [5, 5.41) is 6.76. The van der Waals surface area contributed by atoms with Gasteiger partial charge in [-0.15, -0.1) is 0 Å². The molecule has 1 aliphatic heterocycles. The zero-order valence-corrected chi connectivity index (χ0v) is 17.4. The number of nitrogens with one attached hydrogen (secondary N) is 2. The molecule has 2 aromatic carbocycles. The summed E-state index contributed by atoms with van der Waals surface area (Å²) >= 11 is 0. The molecule has 0 radical (unpaired) electrons. The maximum Gasteiger partial charge on any atom is 0.191 e. The first-order valence-electron chi connectivity index (χ1n) is 10.4. The second-order valence-corrected chi connectivity index (χ2v) is 7.65. The fraction of sp³-hybridized carbons (Fsp3) is 0.391. The zero-order chi connectivity index (χ0) is 20.1. The molecule has 0 unspecified atom stereocenters. The fourth-order valence-corrected chi connectivity index (χ4v) is 3.88. The van der Waals surface area contributed by atoms with E-state index in [1.807, 2.05) is 25.2 Å². The fourth-order valence-electron chi connectivity index (χ4n) is 3.88. The molecular weight excluding hydrogens is 360 g/mol. The number of imidazole rings is 1. The predicted octanol–water partition coefficient (Wildman–Crippen LogP) is 3.03. The van der Waals surface area contributed by atoms with E-state index in [9.17, 15) is 0 Å². The molecule has 0 saturated carbocycles. The van der Waals surface area contributed by atoms with Crippen LogP contribution in [0.4, 0.5) is 0 Å². The summed E-state index contributed by atoms with van der Waals surface area (Å²) in [5.41, 5.74) is 4.80. The van der Waals surface area contributed by atoms with E-state index in [0.29, 0.717) is 6.54 Å². The van der Waals surface area contributed by atoms with Gasteiger partial charge in [-0.3, -0.25) is 9.89 Å². The Morgan fingerprint density at radius 2 is 1.66 bits per heavy atom. The molecule has 0 atom stereocenters. The first kappa shape index (κ1) is 19.5. The quantitative estimate of drug-likeness (QED) is 0.502. The van der Waals surface area contributed by atoms with Crippen molar-refractivity contribution in [2.24, 2.45) is 12.0 Å². The van der Waals surface area contributed by atoms with Gasteiger partial charge in [0, 0.05) is 27.2 Å². The topological polar surface area (TPSA) is 57.5 Å². The molecule has 1 fully saturated rings. The van der Waals surface area contributed by atoms with Crippen molar-refractivity contribution in [2.75, 3.05) is 20.1 Å². The molecule has 0 bridgehead atoms. The van der Waals surface area contributed by atoms with Gasteiger partial charge in [-0.25, -0.2) is 4.98 Å². The van der Waals surface area contributed by atoms with Crippen molar-refractivity contribution in [2.45, 2.75) is 32.5 Å². The van der Waals surface area contributed by atoms with Crippen LogP contribution < -0.4 is 10.6 Å². The zero-order valence-electron chi connectivity index (χ0n) is 17.4. The molecule has 6 heteroatoms. The number of nitrogens with zero attached hydrogens (tertiary/aromatic N) is 4. The van der Waals surface area contributed by atoms with Gasteiger partial charge in [0.05, 0.1) is 17.6 Å². The second-order valence-electron chi connectivity index (χ2n) is 7.65. The minimum Gasteiger partial charge on any atom is -0.352 e.